The van der Waals surface area contributed by atoms with Crippen molar-refractivity contribution in [3.05, 3.63) is 35.6 Å². The van der Waals surface area contributed by atoms with E-state index in [0.717, 1.165) is 36.2 Å². The first kappa shape index (κ1) is 15.7. The molecule has 2 aliphatic heterocycles. The van der Waals surface area contributed by atoms with Gasteiger partial charge in [0.25, 0.3) is 5.91 Å². The standard InChI is InChI=1S/C19H24N2O3/c1-23-13-16-15-7-2-3-8-17(15)24-18(16)19(22)21-11-10-20-9-5-4-6-14(20)12-21/h2-3,7-8,14H,4-6,9-13H2,1H3/t14-/m0/s1. The molecule has 1 amide bonds. The topological polar surface area (TPSA) is 45.9 Å². The van der Waals surface area contributed by atoms with Crippen molar-refractivity contribution in [1.82, 2.24) is 9.80 Å². The fourth-order valence-electron chi connectivity index (χ4n) is 4.04. The van der Waals surface area contributed by atoms with E-state index >= 15 is 0 Å². The minimum Gasteiger partial charge on any atom is -0.451 e. The van der Waals surface area contributed by atoms with E-state index in [2.05, 4.69) is 4.90 Å². The van der Waals surface area contributed by atoms with Crippen molar-refractivity contribution in [2.45, 2.75) is 31.9 Å². The highest BCUT2D eigenvalue weighted by molar-refractivity contribution is 5.99. The van der Waals surface area contributed by atoms with Crippen LogP contribution < -0.4 is 0 Å². The lowest BCUT2D eigenvalue weighted by Crippen LogP contribution is -2.56. The monoisotopic (exact) mass is 328 g/mol. The fourth-order valence-corrected chi connectivity index (χ4v) is 4.04. The summed E-state index contributed by atoms with van der Waals surface area (Å²) in [6.45, 7) is 4.12. The third-order valence-corrected chi connectivity index (χ3v) is 5.31. The van der Waals surface area contributed by atoms with Crippen molar-refractivity contribution in [3.8, 4) is 0 Å². The molecule has 5 heteroatoms. The van der Waals surface area contributed by atoms with Gasteiger partial charge < -0.3 is 14.1 Å². The SMILES string of the molecule is COCc1c(C(=O)N2CCN3CCCC[C@H]3C2)oc2ccccc12. The van der Waals surface area contributed by atoms with Gasteiger partial charge in [0.15, 0.2) is 5.76 Å². The molecule has 0 unspecified atom stereocenters. The van der Waals surface area contributed by atoms with Crippen molar-refractivity contribution in [3.63, 3.8) is 0 Å². The van der Waals surface area contributed by atoms with E-state index in [4.69, 9.17) is 9.15 Å². The highest BCUT2D eigenvalue weighted by Crippen LogP contribution is 2.29. The lowest BCUT2D eigenvalue weighted by molar-refractivity contribution is 0.0348. The number of hydrogen-bond acceptors (Lipinski definition) is 4. The first-order valence-electron chi connectivity index (χ1n) is 8.80. The number of para-hydroxylation sites is 1. The molecule has 0 radical (unpaired) electrons. The van der Waals surface area contributed by atoms with Crippen LogP contribution in [0.5, 0.6) is 0 Å². The van der Waals surface area contributed by atoms with Crippen LogP contribution in [-0.4, -0.2) is 55.0 Å². The predicted molar refractivity (Wildman–Crippen MR) is 92.0 cm³/mol. The largest absolute Gasteiger partial charge is 0.451 e. The van der Waals surface area contributed by atoms with Gasteiger partial charge in [-0.3, -0.25) is 9.69 Å². The summed E-state index contributed by atoms with van der Waals surface area (Å²) in [5.74, 6) is 0.450. The van der Waals surface area contributed by atoms with E-state index in [0.29, 0.717) is 18.4 Å². The number of piperidine rings is 1. The van der Waals surface area contributed by atoms with Crippen molar-refractivity contribution < 1.29 is 13.9 Å². The summed E-state index contributed by atoms with van der Waals surface area (Å²) in [7, 11) is 1.65. The third-order valence-electron chi connectivity index (χ3n) is 5.31. The molecule has 3 heterocycles. The number of methoxy groups -OCH3 is 1. The van der Waals surface area contributed by atoms with Crippen molar-refractivity contribution >= 4 is 16.9 Å². The Morgan fingerprint density at radius 3 is 3.00 bits per heavy atom. The van der Waals surface area contributed by atoms with E-state index in [1.807, 2.05) is 29.2 Å². The van der Waals surface area contributed by atoms with E-state index in [9.17, 15) is 4.79 Å². The average Bonchev–Trinajstić information content (AvgIpc) is 3.00. The van der Waals surface area contributed by atoms with Crippen molar-refractivity contribution in [1.29, 1.82) is 0 Å². The van der Waals surface area contributed by atoms with Crippen LogP contribution in [0.2, 0.25) is 0 Å². The quantitative estimate of drug-likeness (QED) is 0.869. The van der Waals surface area contributed by atoms with Gasteiger partial charge in [-0.05, 0) is 25.5 Å². The van der Waals surface area contributed by atoms with Gasteiger partial charge in [0.05, 0.1) is 6.61 Å². The number of ether oxygens (including phenoxy) is 1. The Hall–Kier alpha value is -1.85. The second-order valence-corrected chi connectivity index (χ2v) is 6.78. The van der Waals surface area contributed by atoms with Crippen LogP contribution in [-0.2, 0) is 11.3 Å². The molecule has 1 atom stereocenters. The molecule has 2 saturated heterocycles. The van der Waals surface area contributed by atoms with Gasteiger partial charge in [0, 0.05) is 43.7 Å². The molecule has 0 N–H and O–H groups in total. The Labute approximate surface area is 142 Å². The first-order valence-corrected chi connectivity index (χ1v) is 8.80. The first-order chi connectivity index (χ1) is 11.8. The number of nitrogens with zero attached hydrogens (tertiary/aromatic N) is 2. The Morgan fingerprint density at radius 1 is 1.25 bits per heavy atom. The molecule has 5 nitrogen and oxygen atoms in total. The lowest BCUT2D eigenvalue weighted by Gasteiger charge is -2.43. The molecule has 4 rings (SSSR count). The van der Waals surface area contributed by atoms with Crippen molar-refractivity contribution in [2.24, 2.45) is 0 Å². The van der Waals surface area contributed by atoms with Gasteiger partial charge in [-0.15, -0.1) is 0 Å². The van der Waals surface area contributed by atoms with Gasteiger partial charge in [-0.2, -0.15) is 0 Å². The molecule has 128 valence electrons. The molecule has 2 aromatic rings. The average molecular weight is 328 g/mol. The number of furan rings is 1. The second-order valence-electron chi connectivity index (χ2n) is 6.78. The zero-order chi connectivity index (χ0) is 16.5. The van der Waals surface area contributed by atoms with Gasteiger partial charge >= 0.3 is 0 Å². The van der Waals surface area contributed by atoms with Crippen molar-refractivity contribution in [2.75, 3.05) is 33.3 Å². The lowest BCUT2D eigenvalue weighted by atomic mass is 9.99. The predicted octanol–water partition coefficient (Wildman–Crippen LogP) is 2.89. The highest BCUT2D eigenvalue weighted by Gasteiger charge is 2.33. The molecular weight excluding hydrogens is 304 g/mol. The number of carbonyl (C=O) groups excluding carboxylic acids is 1. The maximum Gasteiger partial charge on any atom is 0.290 e. The Bertz CT molecular complexity index is 739. The number of benzene rings is 1. The number of piperazine rings is 1. The van der Waals surface area contributed by atoms with E-state index in [-0.39, 0.29) is 5.91 Å². The van der Waals surface area contributed by atoms with Crippen LogP contribution in [0.25, 0.3) is 11.0 Å². The molecule has 1 aromatic carbocycles. The number of fused-ring (bicyclic) bond motifs is 2. The summed E-state index contributed by atoms with van der Waals surface area (Å²) in [5, 5.41) is 0.971. The van der Waals surface area contributed by atoms with Crippen LogP contribution >= 0.6 is 0 Å². The summed E-state index contributed by atoms with van der Waals surface area (Å²) in [4.78, 5) is 17.6. The maximum atomic E-state index is 13.1. The molecule has 0 saturated carbocycles. The fraction of sp³-hybridized carbons (Fsp3) is 0.526. The number of carbonyl (C=O) groups is 1. The van der Waals surface area contributed by atoms with Crippen LogP contribution in [0, 0.1) is 0 Å². The Morgan fingerprint density at radius 2 is 2.12 bits per heavy atom. The van der Waals surface area contributed by atoms with Gasteiger partial charge in [0.2, 0.25) is 0 Å². The Balaban J connectivity index is 1.62. The maximum absolute atomic E-state index is 13.1. The van der Waals surface area contributed by atoms with Gasteiger partial charge in [-0.1, -0.05) is 24.6 Å². The molecule has 2 aliphatic rings. The molecular formula is C19H24N2O3. The third kappa shape index (κ3) is 2.72. The number of hydrogen-bond donors (Lipinski definition) is 0. The van der Waals surface area contributed by atoms with Gasteiger partial charge in [0.1, 0.15) is 5.58 Å². The van der Waals surface area contributed by atoms with E-state index in [1.165, 1.54) is 25.8 Å². The van der Waals surface area contributed by atoms with Crippen LogP contribution in [0.3, 0.4) is 0 Å². The normalized spacial score (nSPS) is 21.9. The van der Waals surface area contributed by atoms with Crippen LogP contribution in [0.1, 0.15) is 35.4 Å². The summed E-state index contributed by atoms with van der Waals surface area (Å²) in [5.41, 5.74) is 1.62. The second kappa shape index (κ2) is 6.57. The van der Waals surface area contributed by atoms with Gasteiger partial charge in [-0.25, -0.2) is 0 Å². The minimum atomic E-state index is 0.00322. The smallest absolute Gasteiger partial charge is 0.290 e. The molecule has 0 spiro atoms. The van der Waals surface area contributed by atoms with Crippen LogP contribution in [0.4, 0.5) is 0 Å². The zero-order valence-corrected chi connectivity index (χ0v) is 14.2. The summed E-state index contributed by atoms with van der Waals surface area (Å²) < 4.78 is 11.2. The summed E-state index contributed by atoms with van der Waals surface area (Å²) in [6.07, 6.45) is 3.74. The van der Waals surface area contributed by atoms with E-state index < -0.39 is 0 Å². The number of amides is 1. The highest BCUT2D eigenvalue weighted by atomic mass is 16.5. The molecule has 1 aromatic heterocycles. The summed E-state index contributed by atoms with van der Waals surface area (Å²) >= 11 is 0. The molecule has 0 aliphatic carbocycles. The molecule has 0 bridgehead atoms. The molecule has 24 heavy (non-hydrogen) atoms. The minimum absolute atomic E-state index is 0.00322. The molecule has 2 fully saturated rings. The Kier molecular flexibility index (Phi) is 4.29. The summed E-state index contributed by atoms with van der Waals surface area (Å²) in [6, 6.07) is 8.29. The van der Waals surface area contributed by atoms with E-state index in [1.54, 1.807) is 7.11 Å². The zero-order valence-electron chi connectivity index (χ0n) is 14.2. The van der Waals surface area contributed by atoms with Crippen LogP contribution in [0.15, 0.2) is 28.7 Å². The number of rotatable bonds is 3.